The number of ether oxygens (including phenoxy) is 1. The number of fused-ring (bicyclic) bond motifs is 1. The second-order valence-electron chi connectivity index (χ2n) is 11.2. The Balaban J connectivity index is 1.28. The molecule has 2 aliphatic heterocycles. The maximum absolute atomic E-state index is 6.05. The highest BCUT2D eigenvalue weighted by Crippen LogP contribution is 2.38. The summed E-state index contributed by atoms with van der Waals surface area (Å²) in [5, 5.41) is 5.14. The minimum Gasteiger partial charge on any atom is -0.489 e. The summed E-state index contributed by atoms with van der Waals surface area (Å²) in [5.74, 6) is 0.830. The molecule has 6 rings (SSSR count). The van der Waals surface area contributed by atoms with Gasteiger partial charge in [0, 0.05) is 35.7 Å². The van der Waals surface area contributed by atoms with Crippen LogP contribution in [-0.2, 0) is 13.0 Å². The highest BCUT2D eigenvalue weighted by atomic mass is 16.5. The molecule has 1 fully saturated rings. The van der Waals surface area contributed by atoms with Gasteiger partial charge in [0.25, 0.3) is 0 Å². The average Bonchev–Trinajstić information content (AvgIpc) is 3.42. The van der Waals surface area contributed by atoms with Crippen molar-refractivity contribution in [3.8, 4) is 11.4 Å². The van der Waals surface area contributed by atoms with Crippen LogP contribution in [0.15, 0.2) is 104 Å². The van der Waals surface area contributed by atoms with Gasteiger partial charge in [-0.25, -0.2) is 4.68 Å². The fourth-order valence-corrected chi connectivity index (χ4v) is 6.09. The third-order valence-electron chi connectivity index (χ3n) is 8.34. The van der Waals surface area contributed by atoms with Crippen molar-refractivity contribution in [3.63, 3.8) is 0 Å². The van der Waals surface area contributed by atoms with E-state index in [1.165, 1.54) is 29.8 Å². The molecule has 0 saturated carbocycles. The maximum atomic E-state index is 6.05. The molecule has 1 aromatic heterocycles. The summed E-state index contributed by atoms with van der Waals surface area (Å²) >= 11 is 0. The first-order valence-corrected chi connectivity index (χ1v) is 15.1. The predicted molar refractivity (Wildman–Crippen MR) is 175 cm³/mol. The zero-order chi connectivity index (χ0) is 29.1. The molecular formula is C37H40N4O. The Morgan fingerprint density at radius 2 is 1.50 bits per heavy atom. The second-order valence-corrected chi connectivity index (χ2v) is 11.2. The zero-order valence-electron chi connectivity index (χ0n) is 24.7. The molecule has 0 unspecified atom stereocenters. The largest absolute Gasteiger partial charge is 0.489 e. The average molecular weight is 557 g/mol. The molecule has 4 aromatic rings. The smallest absolute Gasteiger partial charge is 0.119 e. The molecule has 3 aromatic carbocycles. The van der Waals surface area contributed by atoms with Crippen LogP contribution in [0.1, 0.15) is 61.5 Å². The van der Waals surface area contributed by atoms with E-state index in [9.17, 15) is 0 Å². The lowest BCUT2D eigenvalue weighted by Gasteiger charge is -2.34. The van der Waals surface area contributed by atoms with Gasteiger partial charge in [0.2, 0.25) is 0 Å². The molecule has 0 atom stereocenters. The van der Waals surface area contributed by atoms with Gasteiger partial charge >= 0.3 is 0 Å². The number of allylic oxidation sites excluding steroid dienone is 2. The Kier molecular flexibility index (Phi) is 8.00. The van der Waals surface area contributed by atoms with Crippen LogP contribution >= 0.6 is 0 Å². The lowest BCUT2D eigenvalue weighted by atomic mass is 9.96. The highest BCUT2D eigenvalue weighted by Gasteiger charge is 2.30. The van der Waals surface area contributed by atoms with Crippen LogP contribution in [0.25, 0.3) is 17.0 Å². The Labute approximate surface area is 250 Å². The summed E-state index contributed by atoms with van der Waals surface area (Å²) in [6, 6.07) is 27.3. The first-order valence-electron chi connectivity index (χ1n) is 15.1. The van der Waals surface area contributed by atoms with Crippen molar-refractivity contribution in [1.82, 2.24) is 9.78 Å². The Hall–Kier alpha value is -4.51. The van der Waals surface area contributed by atoms with Crippen molar-refractivity contribution in [1.29, 1.82) is 0 Å². The van der Waals surface area contributed by atoms with E-state index in [4.69, 9.17) is 9.84 Å². The van der Waals surface area contributed by atoms with Gasteiger partial charge in [0.15, 0.2) is 0 Å². The standard InChI is InChI=1S/C37H40N4O/c1-5-11-27(2)36-35-23-25-40(32-17-15-31(16-18-32)39-24-10-9-12-28(39)3)29(4)37(35)41(38-36)33-19-21-34(22-20-33)42-26-30-13-7-6-8-14-30/h6-8,13-22H,2-5,9-12,23-26H2,1H3. The number of benzene rings is 3. The lowest BCUT2D eigenvalue weighted by molar-refractivity contribution is 0.306. The van der Waals surface area contributed by atoms with Crippen molar-refractivity contribution < 1.29 is 4.74 Å². The number of hydrogen-bond donors (Lipinski definition) is 0. The van der Waals surface area contributed by atoms with Crippen LogP contribution < -0.4 is 14.5 Å². The molecule has 0 N–H and O–H groups in total. The number of piperidine rings is 1. The Morgan fingerprint density at radius 1 is 0.810 bits per heavy atom. The molecule has 1 saturated heterocycles. The predicted octanol–water partition coefficient (Wildman–Crippen LogP) is 8.80. The molecular weight excluding hydrogens is 516 g/mol. The highest BCUT2D eigenvalue weighted by molar-refractivity contribution is 5.83. The van der Waals surface area contributed by atoms with Gasteiger partial charge in [-0.3, -0.25) is 0 Å². The third-order valence-corrected chi connectivity index (χ3v) is 8.34. The fourth-order valence-electron chi connectivity index (χ4n) is 6.09. The van der Waals surface area contributed by atoms with E-state index >= 15 is 0 Å². The number of hydrogen-bond acceptors (Lipinski definition) is 4. The van der Waals surface area contributed by atoms with E-state index in [-0.39, 0.29) is 0 Å². The Bertz CT molecular complexity index is 1580. The molecule has 214 valence electrons. The fraction of sp³-hybridized carbons (Fsp3) is 0.270. The first-order chi connectivity index (χ1) is 20.5. The third kappa shape index (κ3) is 5.52. The zero-order valence-corrected chi connectivity index (χ0v) is 24.7. The maximum Gasteiger partial charge on any atom is 0.119 e. The first kappa shape index (κ1) is 27.6. The molecule has 5 heteroatoms. The molecule has 0 bridgehead atoms. The number of rotatable bonds is 9. The molecule has 0 aliphatic carbocycles. The van der Waals surface area contributed by atoms with E-state index in [2.05, 4.69) is 85.0 Å². The van der Waals surface area contributed by atoms with Crippen LogP contribution in [0.4, 0.5) is 11.4 Å². The van der Waals surface area contributed by atoms with Crippen LogP contribution in [0.3, 0.4) is 0 Å². The van der Waals surface area contributed by atoms with Crippen LogP contribution in [0.2, 0.25) is 0 Å². The van der Waals surface area contributed by atoms with E-state index in [0.29, 0.717) is 6.61 Å². The Morgan fingerprint density at radius 3 is 2.19 bits per heavy atom. The van der Waals surface area contributed by atoms with Crippen molar-refractivity contribution in [2.24, 2.45) is 0 Å². The number of anilines is 2. The summed E-state index contributed by atoms with van der Waals surface area (Å²) in [5.41, 5.74) is 11.0. The van der Waals surface area contributed by atoms with Crippen molar-refractivity contribution in [3.05, 3.63) is 127 Å². The monoisotopic (exact) mass is 556 g/mol. The summed E-state index contributed by atoms with van der Waals surface area (Å²) < 4.78 is 8.10. The molecule has 2 aliphatic rings. The van der Waals surface area contributed by atoms with Crippen LogP contribution in [0, 0.1) is 0 Å². The molecule has 0 spiro atoms. The SMILES string of the molecule is C=C(CCC)c1nn(-c2ccc(OCc3ccccc3)cc2)c2c1CCN(c1ccc(N3CCCCC3=C)cc1)C2=C. The molecule has 5 nitrogen and oxygen atoms in total. The van der Waals surface area contributed by atoms with E-state index < -0.39 is 0 Å². The van der Waals surface area contributed by atoms with Gasteiger partial charge in [-0.1, -0.05) is 63.4 Å². The van der Waals surface area contributed by atoms with Crippen LogP contribution in [0.5, 0.6) is 5.75 Å². The van der Waals surface area contributed by atoms with Gasteiger partial charge < -0.3 is 14.5 Å². The summed E-state index contributed by atoms with van der Waals surface area (Å²) in [7, 11) is 0. The van der Waals surface area contributed by atoms with E-state index in [0.717, 1.165) is 84.1 Å². The minimum atomic E-state index is 0.536. The van der Waals surface area contributed by atoms with Gasteiger partial charge in [0.1, 0.15) is 12.4 Å². The van der Waals surface area contributed by atoms with Gasteiger partial charge in [0.05, 0.1) is 22.8 Å². The van der Waals surface area contributed by atoms with E-state index in [1.807, 2.05) is 35.0 Å². The van der Waals surface area contributed by atoms with Gasteiger partial charge in [-0.15, -0.1) is 0 Å². The molecule has 0 radical (unpaired) electrons. The lowest BCUT2D eigenvalue weighted by Crippen LogP contribution is -2.30. The summed E-state index contributed by atoms with van der Waals surface area (Å²) in [4.78, 5) is 4.67. The minimum absolute atomic E-state index is 0.536. The summed E-state index contributed by atoms with van der Waals surface area (Å²) in [6.45, 7) is 17.9. The van der Waals surface area contributed by atoms with Gasteiger partial charge in [-0.05, 0) is 91.8 Å². The van der Waals surface area contributed by atoms with Crippen molar-refractivity contribution in [2.75, 3.05) is 22.9 Å². The van der Waals surface area contributed by atoms with Crippen molar-refractivity contribution in [2.45, 2.75) is 52.1 Å². The van der Waals surface area contributed by atoms with Crippen molar-refractivity contribution >= 4 is 22.6 Å². The normalized spacial score (nSPS) is 15.1. The topological polar surface area (TPSA) is 33.5 Å². The number of aromatic nitrogens is 2. The quantitative estimate of drug-likeness (QED) is 0.206. The second kappa shape index (κ2) is 12.2. The summed E-state index contributed by atoms with van der Waals surface area (Å²) in [6.07, 6.45) is 6.36. The van der Waals surface area contributed by atoms with Gasteiger partial charge in [-0.2, -0.15) is 5.10 Å². The molecule has 42 heavy (non-hydrogen) atoms. The van der Waals surface area contributed by atoms with E-state index in [1.54, 1.807) is 0 Å². The molecule has 3 heterocycles. The van der Waals surface area contributed by atoms with Crippen LogP contribution in [-0.4, -0.2) is 22.9 Å². The molecule has 0 amide bonds. The number of nitrogens with zero attached hydrogens (tertiary/aromatic N) is 4.